The first-order valence-electron chi connectivity index (χ1n) is 37.6. The molecule has 0 unspecified atom stereocenters. The second kappa shape index (κ2) is 24.9. The van der Waals surface area contributed by atoms with Gasteiger partial charge in [-0.2, -0.15) is 0 Å². The topological polar surface area (TPSA) is 94.8 Å². The Morgan fingerprint density at radius 1 is 0.213 bits per heavy atom. The van der Waals surface area contributed by atoms with Crippen LogP contribution in [0.3, 0.4) is 0 Å². The van der Waals surface area contributed by atoms with Crippen molar-refractivity contribution in [1.82, 2.24) is 0 Å². The number of para-hydroxylation sites is 1. The van der Waals surface area contributed by atoms with E-state index in [1.807, 2.05) is 12.1 Å². The van der Waals surface area contributed by atoms with Gasteiger partial charge in [-0.1, -0.05) is 206 Å². The van der Waals surface area contributed by atoms with Crippen molar-refractivity contribution in [2.75, 3.05) is 0 Å². The van der Waals surface area contributed by atoms with E-state index in [2.05, 4.69) is 344 Å². The van der Waals surface area contributed by atoms with Crippen LogP contribution in [0.5, 0.6) is 0 Å². The zero-order valence-corrected chi connectivity index (χ0v) is 62.9. The van der Waals surface area contributed by atoms with Crippen LogP contribution in [0.25, 0.3) is 164 Å². The molecule has 0 aliphatic carbocycles. The summed E-state index contributed by atoms with van der Waals surface area (Å²) in [5.41, 5.74) is 13.3. The Kier molecular flexibility index (Phi) is 15.6. The van der Waals surface area contributed by atoms with Crippen molar-refractivity contribution < 1.29 is 41.2 Å². The third-order valence-corrected chi connectivity index (χ3v) is 24.3. The van der Waals surface area contributed by atoms with Crippen molar-refractivity contribution in [3.05, 3.63) is 273 Å². The molecule has 12 heteroatoms. The largest absolute Gasteiger partial charge is 0.495 e. The highest BCUT2D eigenvalue weighted by Gasteiger charge is 2.54. The highest BCUT2D eigenvalue weighted by atomic mass is 16.7. The summed E-state index contributed by atoms with van der Waals surface area (Å²) in [6.07, 6.45) is 0. The zero-order valence-electron chi connectivity index (χ0n) is 62.9. The lowest BCUT2D eigenvalue weighted by Gasteiger charge is -2.32. The van der Waals surface area contributed by atoms with E-state index in [1.54, 1.807) is 0 Å². The molecular formula is C96H81B3O9. The Balaban J connectivity index is 0.000000110. The molecule has 3 aromatic heterocycles. The van der Waals surface area contributed by atoms with E-state index in [1.165, 1.54) is 54.2 Å². The second-order valence-corrected chi connectivity index (χ2v) is 32.5. The fourth-order valence-electron chi connectivity index (χ4n) is 16.2. The molecule has 3 aliphatic rings. The molecule has 3 aliphatic heterocycles. The molecule has 0 saturated carbocycles. The molecular weight excluding hydrogens is 1330 g/mol. The van der Waals surface area contributed by atoms with Crippen LogP contribution < -0.4 is 16.4 Å². The van der Waals surface area contributed by atoms with E-state index < -0.39 is 25.4 Å². The average molecular weight is 1410 g/mol. The van der Waals surface area contributed by atoms with Crippen LogP contribution in [-0.4, -0.2) is 55.0 Å². The molecule has 3 fully saturated rings. The van der Waals surface area contributed by atoms with Gasteiger partial charge in [0.15, 0.2) is 0 Å². The van der Waals surface area contributed by atoms with Crippen LogP contribution in [0.2, 0.25) is 0 Å². The summed E-state index contributed by atoms with van der Waals surface area (Å²) >= 11 is 0. The van der Waals surface area contributed by atoms with Crippen LogP contribution in [0.15, 0.2) is 286 Å². The van der Waals surface area contributed by atoms with Gasteiger partial charge in [0.05, 0.1) is 33.6 Å². The quantitative estimate of drug-likeness (QED) is 0.151. The van der Waals surface area contributed by atoms with E-state index in [0.717, 1.165) is 126 Å². The summed E-state index contributed by atoms with van der Waals surface area (Å²) < 4.78 is 57.3. The van der Waals surface area contributed by atoms with Gasteiger partial charge in [-0.3, -0.25) is 0 Å². The van der Waals surface area contributed by atoms with Crippen LogP contribution in [0.1, 0.15) is 83.1 Å². The Hall–Kier alpha value is -10.8. The predicted octanol–water partition coefficient (Wildman–Crippen LogP) is 23.6. The highest BCUT2D eigenvalue weighted by molar-refractivity contribution is 6.66. The van der Waals surface area contributed by atoms with Gasteiger partial charge in [0.1, 0.15) is 33.5 Å². The van der Waals surface area contributed by atoms with Gasteiger partial charge in [0.2, 0.25) is 0 Å². The molecule has 528 valence electrons. The summed E-state index contributed by atoms with van der Waals surface area (Å²) in [5, 5.41) is 21.0. The number of hydrogen-bond donors (Lipinski definition) is 0. The first-order valence-corrected chi connectivity index (χ1v) is 37.6. The van der Waals surface area contributed by atoms with Crippen molar-refractivity contribution in [3.63, 3.8) is 0 Å². The van der Waals surface area contributed by atoms with Crippen LogP contribution in [0, 0.1) is 0 Å². The summed E-state index contributed by atoms with van der Waals surface area (Å²) in [6, 6.07) is 96.5. The Morgan fingerprint density at radius 3 is 1.29 bits per heavy atom. The minimum atomic E-state index is -0.426. The minimum absolute atomic E-state index is 0.367. The molecule has 15 aromatic carbocycles. The molecule has 9 nitrogen and oxygen atoms in total. The summed E-state index contributed by atoms with van der Waals surface area (Å²) in [6.45, 7) is 25.1. The van der Waals surface area contributed by atoms with Crippen molar-refractivity contribution in [3.8, 4) is 33.4 Å². The van der Waals surface area contributed by atoms with Crippen molar-refractivity contribution in [1.29, 1.82) is 0 Å². The first-order chi connectivity index (χ1) is 51.9. The minimum Gasteiger partial charge on any atom is -0.456 e. The van der Waals surface area contributed by atoms with Crippen molar-refractivity contribution in [2.45, 2.75) is 117 Å². The van der Waals surface area contributed by atoms with Gasteiger partial charge in [0, 0.05) is 37.9 Å². The van der Waals surface area contributed by atoms with Crippen molar-refractivity contribution >= 4 is 168 Å². The Bertz CT molecular complexity index is 6660. The fraction of sp³-hybridized carbons (Fsp3) is 0.188. The lowest BCUT2D eigenvalue weighted by atomic mass is 9.74. The smallest absolute Gasteiger partial charge is 0.456 e. The summed E-state index contributed by atoms with van der Waals surface area (Å²) in [4.78, 5) is 0. The molecule has 3 saturated heterocycles. The first kappa shape index (κ1) is 67.8. The number of furan rings is 3. The fourth-order valence-corrected chi connectivity index (χ4v) is 16.2. The maximum Gasteiger partial charge on any atom is 0.495 e. The number of benzene rings is 15. The van der Waals surface area contributed by atoms with Gasteiger partial charge >= 0.3 is 21.4 Å². The zero-order chi connectivity index (χ0) is 74.0. The van der Waals surface area contributed by atoms with Gasteiger partial charge < -0.3 is 41.2 Å². The van der Waals surface area contributed by atoms with Gasteiger partial charge in [0.25, 0.3) is 0 Å². The lowest BCUT2D eigenvalue weighted by Crippen LogP contribution is -2.41. The second-order valence-electron chi connectivity index (χ2n) is 32.5. The van der Waals surface area contributed by atoms with Gasteiger partial charge in [-0.25, -0.2) is 0 Å². The Labute approximate surface area is 628 Å². The summed E-state index contributed by atoms with van der Waals surface area (Å²) in [5.74, 6) is 0. The van der Waals surface area contributed by atoms with E-state index in [-0.39, 0.29) is 29.5 Å². The van der Waals surface area contributed by atoms with Gasteiger partial charge in [-0.15, -0.1) is 0 Å². The SMILES string of the molecule is CC1(C)OB(c2ccc3cccc(-c4c5ccccc5cc5oc6ccccc6c45)c3c2)OC1(C)C.CC1(C)OB(c2cccc3cc(-c4ccc5c(c4)oc4cc6ccccc6cc45)ccc23)OC1(C)C.CC1(C)OB(c2cccc3cccc(-c4ccc5oc6cc7ccccc7cc6c5c4)c23)OC1(C)C. The highest BCUT2D eigenvalue weighted by Crippen LogP contribution is 2.47. The van der Waals surface area contributed by atoms with Crippen LogP contribution in [-0.2, 0) is 27.9 Å². The molecule has 6 heterocycles. The molecule has 0 N–H and O–H groups in total. The monoisotopic (exact) mass is 1410 g/mol. The lowest BCUT2D eigenvalue weighted by molar-refractivity contribution is 0.00578. The average Bonchev–Trinajstić information content (AvgIpc) is 1.48. The molecule has 0 radical (unpaired) electrons. The molecule has 0 spiro atoms. The van der Waals surface area contributed by atoms with Crippen LogP contribution >= 0.6 is 0 Å². The van der Waals surface area contributed by atoms with Crippen LogP contribution in [0.4, 0.5) is 0 Å². The van der Waals surface area contributed by atoms with E-state index in [4.69, 9.17) is 41.2 Å². The summed E-state index contributed by atoms with van der Waals surface area (Å²) in [7, 11) is -1.22. The molecule has 0 atom stereocenters. The number of rotatable bonds is 6. The molecule has 108 heavy (non-hydrogen) atoms. The third-order valence-electron chi connectivity index (χ3n) is 24.3. The maximum absolute atomic E-state index is 6.47. The van der Waals surface area contributed by atoms with E-state index >= 15 is 0 Å². The van der Waals surface area contributed by atoms with Gasteiger partial charge in [-0.05, 0) is 259 Å². The molecule has 18 aromatic rings. The van der Waals surface area contributed by atoms with E-state index in [0.29, 0.717) is 0 Å². The maximum atomic E-state index is 6.47. The standard InChI is InChI=1S/3C32H27BO3/c1-31(2)32(3,4)36-33(35-31)27-14-8-12-20-11-7-13-24(30(20)27)23-15-16-28-25(18-23)26-17-21-9-5-6-10-22(21)19-29(26)34-28;1-31(2)32(3,4)36-33(35-31)22-17-16-20-11-9-14-24(26(20)19-22)29-23-12-6-5-10-21(23)18-28-30(29)25-13-7-8-15-27(25)34-28;1-31(2)32(3,4)36-33(35-31)28-11-7-10-24-16-22(12-14-25(24)28)23-13-15-26-27-17-20-8-5-6-9-21(20)18-30(27)34-29(26)19-23/h3*5-19H,1-4H3. The molecule has 21 rings (SSSR count). The number of hydrogen-bond acceptors (Lipinski definition) is 9. The normalized spacial score (nSPS) is 17.1. The molecule has 0 amide bonds. The molecule has 0 bridgehead atoms. The van der Waals surface area contributed by atoms with E-state index in [9.17, 15) is 0 Å². The Morgan fingerprint density at radius 2 is 0.639 bits per heavy atom. The third kappa shape index (κ3) is 11.2. The number of fused-ring (bicyclic) bond motifs is 15. The van der Waals surface area contributed by atoms with Crippen molar-refractivity contribution in [2.24, 2.45) is 0 Å². The predicted molar refractivity (Wildman–Crippen MR) is 450 cm³/mol.